The van der Waals surface area contributed by atoms with Crippen LogP contribution in [0, 0.1) is 5.82 Å². The van der Waals surface area contributed by atoms with E-state index < -0.39 is 20.8 Å². The van der Waals surface area contributed by atoms with Crippen molar-refractivity contribution >= 4 is 36.2 Å². The molecule has 0 amide bonds. The number of halogens is 3. The van der Waals surface area contributed by atoms with Crippen LogP contribution in [0.4, 0.5) is 4.39 Å². The van der Waals surface area contributed by atoms with E-state index in [4.69, 9.17) is 21.8 Å². The van der Waals surface area contributed by atoms with Crippen LogP contribution in [-0.4, -0.2) is 12.2 Å². The molecule has 2 rings (SSSR count). The molecule has 0 aliphatic heterocycles. The number of benzene rings is 2. The summed E-state index contributed by atoms with van der Waals surface area (Å²) in [6.45, 7) is 0. The molecule has 0 radical (unpaired) electrons. The van der Waals surface area contributed by atoms with Crippen LogP contribution in [0.15, 0.2) is 42.5 Å². The molecule has 1 unspecified atom stereocenters. The van der Waals surface area contributed by atoms with E-state index in [9.17, 15) is 9.50 Å². The maximum absolute atomic E-state index is 13.5. The Labute approximate surface area is 137 Å². The van der Waals surface area contributed by atoms with E-state index in [2.05, 4.69) is 0 Å². The van der Waals surface area contributed by atoms with Gasteiger partial charge in [0.25, 0.3) is 0 Å². The van der Waals surface area contributed by atoms with E-state index in [-0.39, 0.29) is 20.1 Å². The van der Waals surface area contributed by atoms with Gasteiger partial charge in [0, 0.05) is 10.6 Å². The first-order valence-electron chi connectivity index (χ1n) is 5.47. The number of hydrogen-bond acceptors (Lipinski definition) is 2. The third-order valence-corrected chi connectivity index (χ3v) is 3.71. The monoisotopic (exact) mass is 410 g/mol. The molecule has 1 atom stereocenters. The Kier molecular flexibility index (Phi) is 8.72. The van der Waals surface area contributed by atoms with Crippen molar-refractivity contribution in [2.45, 2.75) is 0 Å². The molecule has 0 aliphatic carbocycles. The van der Waals surface area contributed by atoms with Crippen molar-refractivity contribution in [2.75, 3.05) is 7.11 Å². The van der Waals surface area contributed by atoms with E-state index in [1.165, 1.54) is 13.2 Å². The molecule has 0 heterocycles. The average Bonchev–Trinajstić information content (AvgIpc) is 2.44. The minimum atomic E-state index is -0.826. The van der Waals surface area contributed by atoms with Gasteiger partial charge in [-0.25, -0.2) is 4.39 Å². The van der Waals surface area contributed by atoms with Gasteiger partial charge in [-0.1, -0.05) is 38.9 Å². The zero-order valence-corrected chi connectivity index (χ0v) is 15.5. The summed E-state index contributed by atoms with van der Waals surface area (Å²) in [4.78, 5) is 0. The third-order valence-electron chi connectivity index (χ3n) is 2.36. The van der Waals surface area contributed by atoms with Crippen LogP contribution >= 0.6 is 25.6 Å². The molecule has 20 heavy (non-hydrogen) atoms. The molecule has 1 N–H and O–H groups in total. The molecule has 7 heteroatoms. The summed E-state index contributed by atoms with van der Waals surface area (Å²) in [5, 5.41) is 11.2. The Morgan fingerprint density at radius 2 is 1.70 bits per heavy atom. The minimum absolute atomic E-state index is 0.0688. The van der Waals surface area contributed by atoms with Crippen molar-refractivity contribution in [1.29, 1.82) is 0 Å². The van der Waals surface area contributed by atoms with Gasteiger partial charge in [0.05, 0.1) is 7.11 Å². The Bertz CT molecular complexity index is 558. The summed E-state index contributed by atoms with van der Waals surface area (Å²) in [5.41, 5.74) is 0. The van der Waals surface area contributed by atoms with Crippen molar-refractivity contribution < 1.29 is 35.1 Å². The van der Waals surface area contributed by atoms with Gasteiger partial charge in [-0.3, -0.25) is 0 Å². The van der Waals surface area contributed by atoms with Crippen LogP contribution in [0.1, 0.15) is 0 Å². The molecule has 2 nitrogen and oxygen atoms in total. The molecule has 0 aromatic heterocycles. The number of phenols is 1. The number of ether oxygens (including phenoxy) is 1. The van der Waals surface area contributed by atoms with Gasteiger partial charge in [-0.05, 0) is 12.1 Å². The fourth-order valence-corrected chi connectivity index (χ4v) is 2.59. The van der Waals surface area contributed by atoms with E-state index in [0.29, 0.717) is 16.4 Å². The second-order valence-electron chi connectivity index (χ2n) is 3.53. The second kappa shape index (κ2) is 9.74. The molecule has 0 saturated carbocycles. The van der Waals surface area contributed by atoms with Crippen LogP contribution in [-0.2, 0) is 20.8 Å². The Hall–Kier alpha value is -0.137. The second-order valence-corrected chi connectivity index (χ2v) is 8.59. The van der Waals surface area contributed by atoms with E-state index in [0.717, 1.165) is 0 Å². The first-order chi connectivity index (χ1) is 9.63. The fraction of sp³-hybridized carbons (Fsp3) is 0.0769. The number of methoxy groups -OCH3 is 1. The summed E-state index contributed by atoms with van der Waals surface area (Å²) in [7, 11) is 11.4. The Morgan fingerprint density at radius 1 is 1.10 bits per heavy atom. The molecule has 0 fully saturated rings. The Balaban J connectivity index is 0.000000612. The number of rotatable bonds is 3. The van der Waals surface area contributed by atoms with E-state index in [1.54, 1.807) is 36.4 Å². The van der Waals surface area contributed by atoms with E-state index >= 15 is 0 Å². The number of aromatic hydroxyl groups is 1. The van der Waals surface area contributed by atoms with Crippen LogP contribution in [0.5, 0.6) is 11.5 Å². The topological polar surface area (TPSA) is 29.5 Å². The zero-order chi connectivity index (χ0) is 15.0. The van der Waals surface area contributed by atoms with Crippen molar-refractivity contribution in [3.63, 3.8) is 0 Å². The average molecular weight is 412 g/mol. The van der Waals surface area contributed by atoms with Crippen molar-refractivity contribution in [3.05, 3.63) is 48.3 Å². The molecular formula is C13H12Cl2FO2PZr. The van der Waals surface area contributed by atoms with Gasteiger partial charge < -0.3 is 9.84 Å². The van der Waals surface area contributed by atoms with Crippen molar-refractivity contribution in [3.8, 4) is 11.5 Å². The first-order valence-corrected chi connectivity index (χ1v) is 12.8. The molecular weight excluding hydrogens is 400 g/mol. The maximum atomic E-state index is 13.5. The van der Waals surface area contributed by atoms with Gasteiger partial charge >= 0.3 is 37.9 Å². The van der Waals surface area contributed by atoms with Crippen LogP contribution < -0.4 is 15.3 Å². The van der Waals surface area contributed by atoms with Crippen LogP contribution in [0.2, 0.25) is 0 Å². The fourth-order valence-electron chi connectivity index (χ4n) is 1.50. The van der Waals surface area contributed by atoms with E-state index in [1.807, 2.05) is 0 Å². The molecule has 0 aliphatic rings. The molecule has 0 saturated heterocycles. The Morgan fingerprint density at radius 3 is 2.30 bits per heavy atom. The summed E-state index contributed by atoms with van der Waals surface area (Å²) < 4.78 is 18.5. The summed E-state index contributed by atoms with van der Waals surface area (Å²) in [6.07, 6.45) is 0. The molecule has 0 spiro atoms. The SMILES string of the molecule is COc1cccc(Pc2ccccc2F)c1O.[Cl][Zr][Cl]. The molecule has 2 aromatic carbocycles. The molecule has 2 aromatic rings. The molecule has 0 bridgehead atoms. The van der Waals surface area contributed by atoms with Gasteiger partial charge in [-0.15, -0.1) is 0 Å². The summed E-state index contributed by atoms with van der Waals surface area (Å²) >= 11 is -0.826. The van der Waals surface area contributed by atoms with Gasteiger partial charge in [0.1, 0.15) is 5.82 Å². The number of hydrogen-bond donors (Lipinski definition) is 1. The molecule has 106 valence electrons. The normalized spacial score (nSPS) is 10.0. The predicted molar refractivity (Wildman–Crippen MR) is 80.3 cm³/mol. The summed E-state index contributed by atoms with van der Waals surface area (Å²) in [5.74, 6) is 0.232. The van der Waals surface area contributed by atoms with Gasteiger partial charge in [0.15, 0.2) is 11.5 Å². The van der Waals surface area contributed by atoms with Crippen molar-refractivity contribution in [1.82, 2.24) is 0 Å². The number of para-hydroxylation sites is 1. The third kappa shape index (κ3) is 5.33. The predicted octanol–water partition coefficient (Wildman–Crippen LogP) is 3.55. The summed E-state index contributed by atoms with van der Waals surface area (Å²) in [6, 6.07) is 11.8. The van der Waals surface area contributed by atoms with Crippen LogP contribution in [0.3, 0.4) is 0 Å². The zero-order valence-electron chi connectivity index (χ0n) is 10.5. The van der Waals surface area contributed by atoms with Gasteiger partial charge in [-0.2, -0.15) is 0 Å². The first kappa shape index (κ1) is 17.9. The van der Waals surface area contributed by atoms with Gasteiger partial charge in [0.2, 0.25) is 0 Å². The standard InChI is InChI=1S/C13H12FO2P.2ClH.Zr/c1-16-10-6-4-8-12(13(10)15)17-11-7-3-2-5-9(11)14;;;/h2-8,15,17H,1H3;2*1H;/q;;;+2/p-2. The quantitative estimate of drug-likeness (QED) is 0.782. The van der Waals surface area contributed by atoms with Crippen molar-refractivity contribution in [2.24, 2.45) is 0 Å². The number of phenolic OH excluding ortho intramolecular Hbond substituents is 1. The van der Waals surface area contributed by atoms with Crippen LogP contribution in [0.25, 0.3) is 0 Å².